The molecule has 0 bridgehead atoms. The third kappa shape index (κ3) is 3.43. The van der Waals surface area contributed by atoms with E-state index in [1.807, 2.05) is 0 Å². The topological polar surface area (TPSA) is 52.0 Å². The molecule has 0 amide bonds. The summed E-state index contributed by atoms with van der Waals surface area (Å²) in [6.07, 6.45) is 2.73. The fraction of sp³-hybridized carbons (Fsp3) is 0.368. The van der Waals surface area contributed by atoms with Gasteiger partial charge < -0.3 is 11.5 Å². The fourth-order valence-corrected chi connectivity index (χ4v) is 3.89. The highest BCUT2D eigenvalue weighted by atomic mass is 79.9. The molecule has 0 aliphatic rings. The minimum Gasteiger partial charge on any atom is -0.398 e. The summed E-state index contributed by atoms with van der Waals surface area (Å²) in [7, 11) is 0. The number of halogens is 2. The molecule has 0 heterocycles. The van der Waals surface area contributed by atoms with E-state index in [0.717, 1.165) is 50.7 Å². The molecule has 2 aromatic carbocycles. The summed E-state index contributed by atoms with van der Waals surface area (Å²) in [4.78, 5) is 0. The minimum absolute atomic E-state index is 0.851. The van der Waals surface area contributed by atoms with E-state index in [-0.39, 0.29) is 0 Å². The maximum Gasteiger partial charge on any atom is 0.0387 e. The second-order valence-corrected chi connectivity index (χ2v) is 7.56. The van der Waals surface area contributed by atoms with Gasteiger partial charge in [-0.2, -0.15) is 0 Å². The zero-order chi connectivity index (χ0) is 17.3. The first-order valence-electron chi connectivity index (χ1n) is 7.94. The van der Waals surface area contributed by atoms with E-state index in [1.165, 1.54) is 22.3 Å². The van der Waals surface area contributed by atoms with Crippen LogP contribution in [0.1, 0.15) is 47.2 Å². The largest absolute Gasteiger partial charge is 0.398 e. The molecule has 0 fully saturated rings. The van der Waals surface area contributed by atoms with Crippen LogP contribution < -0.4 is 11.5 Å². The van der Waals surface area contributed by atoms with Crippen LogP contribution in [0, 0.1) is 13.8 Å². The molecule has 124 valence electrons. The van der Waals surface area contributed by atoms with E-state index in [9.17, 15) is 0 Å². The average Bonchev–Trinajstić information content (AvgIpc) is 2.55. The Bertz CT molecular complexity index is 689. The van der Waals surface area contributed by atoms with Gasteiger partial charge in [-0.05, 0) is 66.5 Å². The number of hydrogen-bond donors (Lipinski definition) is 2. The summed E-state index contributed by atoms with van der Waals surface area (Å²) in [6, 6.07) is 4.44. The van der Waals surface area contributed by atoms with Crippen molar-refractivity contribution < 1.29 is 0 Å². The van der Waals surface area contributed by atoms with Gasteiger partial charge in [0.05, 0.1) is 0 Å². The van der Waals surface area contributed by atoms with Gasteiger partial charge in [0, 0.05) is 20.3 Å². The molecule has 2 nitrogen and oxygen atoms in total. The zero-order valence-electron chi connectivity index (χ0n) is 14.2. The van der Waals surface area contributed by atoms with Crippen molar-refractivity contribution in [3.8, 4) is 0 Å². The molecule has 2 aromatic rings. The number of aryl methyl sites for hydroxylation is 2. The van der Waals surface area contributed by atoms with Gasteiger partial charge in [0.2, 0.25) is 0 Å². The third-order valence-electron chi connectivity index (χ3n) is 4.56. The summed E-state index contributed by atoms with van der Waals surface area (Å²) in [6.45, 7) is 8.42. The van der Waals surface area contributed by atoms with Crippen molar-refractivity contribution in [2.75, 3.05) is 11.5 Å². The maximum absolute atomic E-state index is 6.22. The first kappa shape index (κ1) is 18.3. The lowest BCUT2D eigenvalue weighted by Gasteiger charge is -2.17. The Morgan fingerprint density at radius 2 is 1.09 bits per heavy atom. The number of nitrogen functional groups attached to an aromatic ring is 2. The highest BCUT2D eigenvalue weighted by molar-refractivity contribution is 9.11. The van der Waals surface area contributed by atoms with Crippen LogP contribution in [-0.4, -0.2) is 0 Å². The van der Waals surface area contributed by atoms with Crippen molar-refractivity contribution in [3.05, 3.63) is 54.5 Å². The molecule has 0 aliphatic heterocycles. The van der Waals surface area contributed by atoms with Crippen LogP contribution in [0.15, 0.2) is 21.1 Å². The van der Waals surface area contributed by atoms with Gasteiger partial charge in [-0.25, -0.2) is 0 Å². The fourth-order valence-electron chi connectivity index (χ4n) is 2.95. The molecule has 4 N–H and O–H groups in total. The smallest absolute Gasteiger partial charge is 0.0387 e. The number of nitrogens with two attached hydrogens (primary N) is 2. The highest BCUT2D eigenvalue weighted by Crippen LogP contribution is 2.35. The first-order valence-corrected chi connectivity index (χ1v) is 9.52. The quantitative estimate of drug-likeness (QED) is 0.599. The Kier molecular flexibility index (Phi) is 5.79. The average molecular weight is 440 g/mol. The van der Waals surface area contributed by atoms with E-state index in [0.29, 0.717) is 0 Å². The van der Waals surface area contributed by atoms with Crippen LogP contribution in [0.5, 0.6) is 0 Å². The second-order valence-electron chi connectivity index (χ2n) is 5.98. The van der Waals surface area contributed by atoms with Crippen LogP contribution in [0.3, 0.4) is 0 Å². The lowest BCUT2D eigenvalue weighted by atomic mass is 9.94. The van der Waals surface area contributed by atoms with Crippen LogP contribution in [0.25, 0.3) is 0 Å². The maximum atomic E-state index is 6.22. The Balaban J connectivity index is 2.56. The van der Waals surface area contributed by atoms with E-state index >= 15 is 0 Å². The molecule has 0 saturated carbocycles. The molecule has 0 atom stereocenters. The summed E-state index contributed by atoms with van der Waals surface area (Å²) >= 11 is 7.45. The van der Waals surface area contributed by atoms with Crippen molar-refractivity contribution in [2.45, 2.75) is 47.0 Å². The molecule has 0 aliphatic carbocycles. The van der Waals surface area contributed by atoms with Crippen molar-refractivity contribution in [3.63, 3.8) is 0 Å². The zero-order valence-corrected chi connectivity index (χ0v) is 17.4. The van der Waals surface area contributed by atoms with Gasteiger partial charge >= 0.3 is 0 Å². The third-order valence-corrected chi connectivity index (χ3v) is 6.77. The summed E-state index contributed by atoms with van der Waals surface area (Å²) in [5, 5.41) is 0. The van der Waals surface area contributed by atoms with Crippen molar-refractivity contribution >= 4 is 43.2 Å². The van der Waals surface area contributed by atoms with Crippen LogP contribution in [0.4, 0.5) is 11.4 Å². The molecule has 2 rings (SSSR count). The van der Waals surface area contributed by atoms with Crippen molar-refractivity contribution in [1.29, 1.82) is 0 Å². The van der Waals surface area contributed by atoms with Crippen molar-refractivity contribution in [1.82, 2.24) is 0 Å². The lowest BCUT2D eigenvalue weighted by Crippen LogP contribution is -2.04. The molecule has 0 spiro atoms. The molecule has 4 heteroatoms. The number of hydrogen-bond acceptors (Lipinski definition) is 2. The van der Waals surface area contributed by atoms with Gasteiger partial charge in [-0.3, -0.25) is 0 Å². The molecule has 0 unspecified atom stereocenters. The Morgan fingerprint density at radius 1 is 0.739 bits per heavy atom. The van der Waals surface area contributed by atoms with Gasteiger partial charge in [0.15, 0.2) is 0 Å². The Hall–Kier alpha value is -1.00. The van der Waals surface area contributed by atoms with E-state index in [2.05, 4.69) is 71.7 Å². The van der Waals surface area contributed by atoms with Crippen molar-refractivity contribution in [2.24, 2.45) is 0 Å². The normalized spacial score (nSPS) is 11.0. The minimum atomic E-state index is 0.851. The van der Waals surface area contributed by atoms with Crippen LogP contribution in [-0.2, 0) is 19.3 Å². The summed E-state index contributed by atoms with van der Waals surface area (Å²) in [5.74, 6) is 0. The second kappa shape index (κ2) is 7.27. The predicted octanol–water partition coefficient (Wildman–Crippen LogP) is 5.71. The van der Waals surface area contributed by atoms with E-state index < -0.39 is 0 Å². The summed E-state index contributed by atoms with van der Waals surface area (Å²) in [5.41, 5.74) is 21.4. The Morgan fingerprint density at radius 3 is 1.39 bits per heavy atom. The van der Waals surface area contributed by atoms with E-state index in [4.69, 9.17) is 11.5 Å². The van der Waals surface area contributed by atoms with Gasteiger partial charge in [0.25, 0.3) is 0 Å². The number of rotatable bonds is 4. The molecule has 23 heavy (non-hydrogen) atoms. The van der Waals surface area contributed by atoms with Gasteiger partial charge in [0.1, 0.15) is 0 Å². The highest BCUT2D eigenvalue weighted by Gasteiger charge is 2.15. The summed E-state index contributed by atoms with van der Waals surface area (Å²) < 4.78 is 2.21. The van der Waals surface area contributed by atoms with Crippen LogP contribution >= 0.6 is 31.9 Å². The molecular formula is C19H24Br2N2. The van der Waals surface area contributed by atoms with Gasteiger partial charge in [-0.15, -0.1) is 0 Å². The SMILES string of the molecule is CCc1cc(Cc2cc(CC)c(N)c(C)c2Br)c(Br)c(C)c1N. The molecule has 0 radical (unpaired) electrons. The molecular weight excluding hydrogens is 416 g/mol. The first-order chi connectivity index (χ1) is 10.8. The van der Waals surface area contributed by atoms with E-state index in [1.54, 1.807) is 0 Å². The lowest BCUT2D eigenvalue weighted by molar-refractivity contribution is 1.06. The van der Waals surface area contributed by atoms with Gasteiger partial charge in [-0.1, -0.05) is 57.8 Å². The molecule has 0 aromatic heterocycles. The van der Waals surface area contributed by atoms with Crippen LogP contribution in [0.2, 0.25) is 0 Å². The number of anilines is 2. The number of benzene rings is 2. The Labute approximate surface area is 155 Å². The monoisotopic (exact) mass is 438 g/mol. The standard InChI is InChI=1S/C19H24Br2N2/c1-5-12-7-14(16(20)10(3)18(12)22)9-15-8-13(6-2)19(23)11(4)17(15)21/h7-8H,5-6,9,22-23H2,1-4H3. The predicted molar refractivity (Wildman–Crippen MR) is 108 cm³/mol. The molecule has 0 saturated heterocycles.